The predicted octanol–water partition coefficient (Wildman–Crippen LogP) is 15.5. The van der Waals surface area contributed by atoms with Gasteiger partial charge >= 0.3 is 0 Å². The number of para-hydroxylation sites is 1. The van der Waals surface area contributed by atoms with E-state index < -0.39 is 0 Å². The third kappa shape index (κ3) is 4.48. The lowest BCUT2D eigenvalue weighted by molar-refractivity contribution is 0.671. The van der Waals surface area contributed by atoms with Gasteiger partial charge in [0.15, 0.2) is 0 Å². The topological polar surface area (TPSA) is 13.1 Å². The molecule has 0 aliphatic carbocycles. The number of benzene rings is 11. The normalized spacial score (nSPS) is 12.0. The summed E-state index contributed by atoms with van der Waals surface area (Å²) in [5.41, 5.74) is 11.2. The van der Waals surface area contributed by atoms with E-state index in [-0.39, 0.29) is 0 Å². The lowest BCUT2D eigenvalue weighted by Gasteiger charge is -2.17. The van der Waals surface area contributed by atoms with E-state index in [4.69, 9.17) is 4.42 Å². The highest BCUT2D eigenvalue weighted by Gasteiger charge is 2.21. The Morgan fingerprint density at radius 1 is 0.236 bits per heavy atom. The first-order valence-electron chi connectivity index (χ1n) is 19.0. The zero-order valence-electron chi connectivity index (χ0n) is 29.9. The van der Waals surface area contributed by atoms with Gasteiger partial charge in [0.2, 0.25) is 0 Å². The first kappa shape index (κ1) is 30.3. The highest BCUT2D eigenvalue weighted by atomic mass is 16.3. The van der Waals surface area contributed by atoms with Gasteiger partial charge in [-0.2, -0.15) is 0 Å². The molecule has 254 valence electrons. The fourth-order valence-electron chi connectivity index (χ4n) is 9.30. The van der Waals surface area contributed by atoms with Crippen molar-refractivity contribution in [3.8, 4) is 44.5 Å². The van der Waals surface area contributed by atoms with Crippen LogP contribution in [0.2, 0.25) is 0 Å². The second kappa shape index (κ2) is 11.6. The highest BCUT2D eigenvalue weighted by Crippen LogP contribution is 2.47. The second-order valence-electron chi connectivity index (χ2n) is 14.8. The average Bonchev–Trinajstić information content (AvgIpc) is 3.64. The summed E-state index contributed by atoms with van der Waals surface area (Å²) >= 11 is 0. The summed E-state index contributed by atoms with van der Waals surface area (Å²) < 4.78 is 7.11. The Morgan fingerprint density at radius 2 is 0.782 bits per heavy atom. The first-order valence-corrected chi connectivity index (χ1v) is 19.0. The average molecular weight is 697 g/mol. The van der Waals surface area contributed by atoms with Crippen LogP contribution in [0.5, 0.6) is 0 Å². The number of hydrogen-bond acceptors (Lipinski definition) is 1. The van der Waals surface area contributed by atoms with Gasteiger partial charge in [-0.25, -0.2) is 0 Å². The number of furan rings is 1. The predicted molar refractivity (Wildman–Crippen MR) is 234 cm³/mol. The van der Waals surface area contributed by atoms with Gasteiger partial charge in [-0.05, 0) is 105 Å². The van der Waals surface area contributed by atoms with Crippen molar-refractivity contribution in [2.24, 2.45) is 0 Å². The van der Waals surface area contributed by atoms with Gasteiger partial charge < -0.3 is 4.42 Å². The molecule has 0 amide bonds. The second-order valence-corrected chi connectivity index (χ2v) is 14.8. The van der Waals surface area contributed by atoms with Crippen molar-refractivity contribution in [1.82, 2.24) is 0 Å². The minimum absolute atomic E-state index is 0.910. The maximum Gasteiger partial charge on any atom is 0.143 e. The van der Waals surface area contributed by atoms with E-state index in [2.05, 4.69) is 194 Å². The van der Waals surface area contributed by atoms with Gasteiger partial charge in [-0.1, -0.05) is 176 Å². The fourth-order valence-corrected chi connectivity index (χ4v) is 9.30. The third-order valence-electron chi connectivity index (χ3n) is 11.8. The molecule has 0 fully saturated rings. The van der Waals surface area contributed by atoms with E-state index >= 15 is 0 Å². The van der Waals surface area contributed by atoms with Crippen LogP contribution in [0, 0.1) is 0 Å². The molecule has 0 aliphatic heterocycles. The van der Waals surface area contributed by atoms with Crippen LogP contribution in [0.1, 0.15) is 0 Å². The largest absolute Gasteiger partial charge is 0.455 e. The van der Waals surface area contributed by atoms with Crippen molar-refractivity contribution in [1.29, 1.82) is 0 Å². The molecule has 0 unspecified atom stereocenters. The van der Waals surface area contributed by atoms with Crippen molar-refractivity contribution in [3.63, 3.8) is 0 Å². The van der Waals surface area contributed by atoms with E-state index in [9.17, 15) is 0 Å². The van der Waals surface area contributed by atoms with Crippen molar-refractivity contribution < 1.29 is 4.42 Å². The van der Waals surface area contributed by atoms with Crippen molar-refractivity contribution >= 4 is 75.8 Å². The Balaban J connectivity index is 1.14. The smallest absolute Gasteiger partial charge is 0.143 e. The Morgan fingerprint density at radius 3 is 1.49 bits per heavy atom. The quantitative estimate of drug-likeness (QED) is 0.167. The van der Waals surface area contributed by atoms with Gasteiger partial charge in [0.1, 0.15) is 11.2 Å². The molecule has 1 aromatic heterocycles. The molecule has 12 rings (SSSR count). The number of hydrogen-bond donors (Lipinski definition) is 0. The van der Waals surface area contributed by atoms with Gasteiger partial charge in [-0.3, -0.25) is 0 Å². The molecule has 0 aliphatic rings. The van der Waals surface area contributed by atoms with E-state index in [0.717, 1.165) is 38.6 Å². The van der Waals surface area contributed by atoms with Gasteiger partial charge in [0.05, 0.1) is 0 Å². The molecular formula is C54H32O. The summed E-state index contributed by atoms with van der Waals surface area (Å²) in [6.45, 7) is 0. The molecular weight excluding hydrogens is 665 g/mol. The van der Waals surface area contributed by atoms with Crippen LogP contribution in [0.25, 0.3) is 120 Å². The first-order chi connectivity index (χ1) is 27.3. The van der Waals surface area contributed by atoms with Crippen LogP contribution in [0.15, 0.2) is 199 Å². The Labute approximate surface area is 317 Å². The molecule has 0 bridgehead atoms. The molecule has 0 radical (unpaired) electrons. The Hall–Kier alpha value is -7.22. The van der Waals surface area contributed by atoms with Crippen LogP contribution in [-0.2, 0) is 0 Å². The highest BCUT2D eigenvalue weighted by molar-refractivity contribution is 6.28. The lowest BCUT2D eigenvalue weighted by atomic mass is 9.86. The monoisotopic (exact) mass is 696 g/mol. The molecule has 11 aromatic carbocycles. The van der Waals surface area contributed by atoms with Gasteiger partial charge in [0, 0.05) is 21.9 Å². The Bertz CT molecular complexity index is 3460. The van der Waals surface area contributed by atoms with Crippen molar-refractivity contribution in [3.05, 3.63) is 194 Å². The van der Waals surface area contributed by atoms with Crippen LogP contribution in [0.3, 0.4) is 0 Å². The zero-order valence-corrected chi connectivity index (χ0v) is 29.9. The number of fused-ring (bicyclic) bond motifs is 6. The molecule has 0 saturated heterocycles. The van der Waals surface area contributed by atoms with Crippen LogP contribution in [-0.4, -0.2) is 0 Å². The Kier molecular flexibility index (Phi) is 6.40. The lowest BCUT2D eigenvalue weighted by Crippen LogP contribution is -1.90. The summed E-state index contributed by atoms with van der Waals surface area (Å²) in [4.78, 5) is 0. The molecule has 0 atom stereocenters. The van der Waals surface area contributed by atoms with E-state index in [0.29, 0.717) is 0 Å². The molecule has 0 spiro atoms. The summed E-state index contributed by atoms with van der Waals surface area (Å²) in [5, 5.41) is 14.9. The van der Waals surface area contributed by atoms with Crippen LogP contribution in [0.4, 0.5) is 0 Å². The molecule has 55 heavy (non-hydrogen) atoms. The molecule has 0 N–H and O–H groups in total. The van der Waals surface area contributed by atoms with Gasteiger partial charge in [-0.15, -0.1) is 0 Å². The van der Waals surface area contributed by atoms with E-state index in [1.54, 1.807) is 0 Å². The molecule has 1 heterocycles. The van der Waals surface area contributed by atoms with Crippen molar-refractivity contribution in [2.75, 3.05) is 0 Å². The maximum atomic E-state index is 7.11. The SMILES string of the molecule is c1ccc(-c2ccc3ccc4c(-c5cc(-c6ccccc6)c6oc7c(-c8cc9ccccc9c9ccccc89)cccc7c6c5)ccc5ccc2c3c54)cc1. The zero-order chi connectivity index (χ0) is 36.0. The number of rotatable bonds is 4. The fraction of sp³-hybridized carbons (Fsp3) is 0. The van der Waals surface area contributed by atoms with Crippen LogP contribution < -0.4 is 0 Å². The standard InChI is InChI=1S/C54H32O/c1-3-12-33(13-4-1)40-26-22-35-25-29-45-41(27-23-36-24-28-44(40)51(35)52(36)45)38-31-48(34-14-5-2-6-15-34)54-50(32-38)47-21-11-20-46(53(47)55-54)49-30-37-16-7-8-17-39(37)42-18-9-10-19-43(42)49/h1-32H. The van der Waals surface area contributed by atoms with Crippen LogP contribution >= 0.6 is 0 Å². The minimum Gasteiger partial charge on any atom is -0.455 e. The van der Waals surface area contributed by atoms with E-state index in [1.165, 1.54) is 81.7 Å². The summed E-state index contributed by atoms with van der Waals surface area (Å²) in [7, 11) is 0. The summed E-state index contributed by atoms with van der Waals surface area (Å²) in [6.07, 6.45) is 0. The van der Waals surface area contributed by atoms with Gasteiger partial charge in [0.25, 0.3) is 0 Å². The molecule has 1 heteroatoms. The summed E-state index contributed by atoms with van der Waals surface area (Å²) in [5.74, 6) is 0. The molecule has 1 nitrogen and oxygen atoms in total. The summed E-state index contributed by atoms with van der Waals surface area (Å²) in [6, 6.07) is 70.9. The van der Waals surface area contributed by atoms with E-state index in [1.807, 2.05) is 0 Å². The maximum absolute atomic E-state index is 7.11. The third-order valence-corrected chi connectivity index (χ3v) is 11.8. The molecule has 0 saturated carbocycles. The molecule has 12 aromatic rings. The minimum atomic E-state index is 0.910. The van der Waals surface area contributed by atoms with Crippen molar-refractivity contribution in [2.45, 2.75) is 0 Å².